The highest BCUT2D eigenvalue weighted by Gasteiger charge is 2.78. The van der Waals surface area contributed by atoms with E-state index in [4.69, 9.17) is 17.2 Å². The van der Waals surface area contributed by atoms with Crippen molar-refractivity contribution < 1.29 is 33.5 Å². The van der Waals surface area contributed by atoms with Crippen LogP contribution in [0, 0.1) is 46.2 Å². The number of nitrogens with two attached hydrogens (primary N) is 3. The van der Waals surface area contributed by atoms with E-state index in [9.17, 15) is 38.7 Å². The molecule has 2 aromatic rings. The van der Waals surface area contributed by atoms with Crippen molar-refractivity contribution in [3.8, 4) is 23.7 Å². The summed E-state index contributed by atoms with van der Waals surface area (Å²) >= 11 is 0. The zero-order valence-electron chi connectivity index (χ0n) is 22.6. The number of likely N-dealkylation sites (N-methyl/N-ethyl adjacent to an activating group) is 1. The van der Waals surface area contributed by atoms with Gasteiger partial charge in [-0.05, 0) is 56.8 Å². The summed E-state index contributed by atoms with van der Waals surface area (Å²) in [5.74, 6) is -5.56. The van der Waals surface area contributed by atoms with Crippen LogP contribution in [0.5, 0.6) is 5.75 Å². The summed E-state index contributed by atoms with van der Waals surface area (Å²) in [5, 5.41) is 21.1. The van der Waals surface area contributed by atoms with Crippen LogP contribution in [0.25, 0.3) is 0 Å². The molecule has 2 saturated carbocycles. The molecular formula is C30H26FN5O6. The molecule has 214 valence electrons. The zero-order chi connectivity index (χ0) is 30.9. The standard InChI is InChI=1S/C30H26FN5O6/c1-36(2)24-23(39)20(27(33)42)25(40)29(13-32)26(41)21-22(38)19-16(11-28(21,34)12-30(24,29)35)14(9-10-18(19)37)7-8-15-5-3-4-6-17(15)31/h3-6,9-10,20-21,24,37H,11-12,34-35H2,1-2H3,(H2,33,42)/t20?,21?,24-,28-,29+,30-/m1/s1. The number of ketones is 4. The molecule has 0 heterocycles. The Labute approximate surface area is 239 Å². The second kappa shape index (κ2) is 9.39. The largest absolute Gasteiger partial charge is 0.507 e. The van der Waals surface area contributed by atoms with Gasteiger partial charge in [0, 0.05) is 11.1 Å². The summed E-state index contributed by atoms with van der Waals surface area (Å²) < 4.78 is 14.2. The van der Waals surface area contributed by atoms with Gasteiger partial charge in [-0.1, -0.05) is 24.0 Å². The molecule has 3 aliphatic carbocycles. The van der Waals surface area contributed by atoms with E-state index >= 15 is 0 Å². The molecule has 7 N–H and O–H groups in total. The quantitative estimate of drug-likeness (QED) is 0.264. The number of rotatable bonds is 2. The van der Waals surface area contributed by atoms with Crippen molar-refractivity contribution in [2.75, 3.05) is 14.1 Å². The second-order valence-corrected chi connectivity index (χ2v) is 11.3. The van der Waals surface area contributed by atoms with E-state index in [2.05, 4.69) is 11.8 Å². The Balaban J connectivity index is 1.73. The van der Waals surface area contributed by atoms with Gasteiger partial charge in [-0.15, -0.1) is 0 Å². The van der Waals surface area contributed by atoms with Crippen molar-refractivity contribution in [1.29, 1.82) is 5.26 Å². The number of amides is 1. The van der Waals surface area contributed by atoms with Crippen LogP contribution in [-0.2, 0) is 25.6 Å². The third-order valence-corrected chi connectivity index (χ3v) is 8.68. The fourth-order valence-corrected chi connectivity index (χ4v) is 7.02. The zero-order valence-corrected chi connectivity index (χ0v) is 22.6. The number of carbonyl (C=O) groups excluding carboxylic acids is 5. The van der Waals surface area contributed by atoms with Gasteiger partial charge in [0.1, 0.15) is 17.5 Å². The summed E-state index contributed by atoms with van der Waals surface area (Å²) in [4.78, 5) is 69.1. The van der Waals surface area contributed by atoms with Gasteiger partial charge < -0.3 is 22.3 Å². The number of phenols is 1. The van der Waals surface area contributed by atoms with E-state index in [1.807, 2.05) is 0 Å². The Morgan fingerprint density at radius 1 is 1.05 bits per heavy atom. The molecule has 2 aromatic carbocycles. The first kappa shape index (κ1) is 28.8. The van der Waals surface area contributed by atoms with E-state index in [0.717, 1.165) is 0 Å². The van der Waals surface area contributed by atoms with Crippen molar-refractivity contribution in [3.05, 3.63) is 64.5 Å². The molecule has 0 radical (unpaired) electrons. The molecule has 2 fully saturated rings. The molecule has 0 bridgehead atoms. The van der Waals surface area contributed by atoms with Crippen molar-refractivity contribution in [2.45, 2.75) is 30.0 Å². The fourth-order valence-electron chi connectivity index (χ4n) is 7.02. The minimum Gasteiger partial charge on any atom is -0.507 e. The van der Waals surface area contributed by atoms with Gasteiger partial charge in [0.25, 0.3) is 0 Å². The third-order valence-electron chi connectivity index (χ3n) is 8.68. The van der Waals surface area contributed by atoms with Crippen molar-refractivity contribution in [1.82, 2.24) is 4.90 Å². The Morgan fingerprint density at radius 2 is 1.69 bits per heavy atom. The van der Waals surface area contributed by atoms with Gasteiger partial charge in [-0.3, -0.25) is 28.9 Å². The van der Waals surface area contributed by atoms with Crippen molar-refractivity contribution in [2.24, 2.45) is 34.5 Å². The minimum absolute atomic E-state index is 0.0754. The summed E-state index contributed by atoms with van der Waals surface area (Å²) in [6.07, 6.45) is -0.820. The van der Waals surface area contributed by atoms with Crippen LogP contribution in [-0.4, -0.2) is 70.3 Å². The number of fused-ring (bicyclic) bond motifs is 3. The third kappa shape index (κ3) is 3.59. The van der Waals surface area contributed by atoms with E-state index in [1.54, 1.807) is 12.1 Å². The number of hydrogen-bond acceptors (Lipinski definition) is 10. The summed E-state index contributed by atoms with van der Waals surface area (Å²) in [7, 11) is 2.84. The summed E-state index contributed by atoms with van der Waals surface area (Å²) in [6, 6.07) is 8.51. The number of phenolic OH excluding ortho intramolecular Hbond substituents is 1. The number of aromatic hydroxyl groups is 1. The van der Waals surface area contributed by atoms with E-state index < -0.39 is 81.4 Å². The molecule has 0 aromatic heterocycles. The molecule has 11 nitrogen and oxygen atoms in total. The number of carbonyl (C=O) groups is 5. The van der Waals surface area contributed by atoms with Gasteiger partial charge in [-0.2, -0.15) is 5.26 Å². The maximum absolute atomic E-state index is 14.3. The van der Waals surface area contributed by atoms with Gasteiger partial charge in [0.15, 0.2) is 34.5 Å². The highest BCUT2D eigenvalue weighted by atomic mass is 19.1. The predicted octanol–water partition coefficient (Wildman–Crippen LogP) is -0.653. The molecular weight excluding hydrogens is 545 g/mol. The van der Waals surface area contributed by atoms with Gasteiger partial charge in [-0.25, -0.2) is 4.39 Å². The molecule has 6 atom stereocenters. The second-order valence-electron chi connectivity index (χ2n) is 11.3. The Bertz CT molecular complexity index is 1740. The molecule has 0 aliphatic heterocycles. The normalized spacial score (nSPS) is 31.8. The highest BCUT2D eigenvalue weighted by molar-refractivity contribution is 6.33. The van der Waals surface area contributed by atoms with Crippen LogP contribution in [0.4, 0.5) is 4.39 Å². The van der Waals surface area contributed by atoms with Crippen LogP contribution < -0.4 is 17.2 Å². The highest BCUT2D eigenvalue weighted by Crippen LogP contribution is 2.56. The first-order chi connectivity index (χ1) is 19.7. The maximum Gasteiger partial charge on any atom is 0.235 e. The van der Waals surface area contributed by atoms with Crippen LogP contribution in [0.2, 0.25) is 0 Å². The smallest absolute Gasteiger partial charge is 0.235 e. The predicted molar refractivity (Wildman–Crippen MR) is 144 cm³/mol. The molecule has 2 unspecified atom stereocenters. The van der Waals surface area contributed by atoms with Crippen LogP contribution in [0.15, 0.2) is 36.4 Å². The monoisotopic (exact) mass is 571 g/mol. The van der Waals surface area contributed by atoms with Gasteiger partial charge in [0.2, 0.25) is 5.91 Å². The molecule has 0 spiro atoms. The number of benzene rings is 2. The fraction of sp³-hybridized carbons (Fsp3) is 0.333. The lowest BCUT2D eigenvalue weighted by Gasteiger charge is -2.60. The Hall–Kier alpha value is -4.75. The van der Waals surface area contributed by atoms with E-state index in [1.165, 1.54) is 49.3 Å². The first-order valence-electron chi connectivity index (χ1n) is 12.9. The van der Waals surface area contributed by atoms with Gasteiger partial charge >= 0.3 is 0 Å². The van der Waals surface area contributed by atoms with Crippen molar-refractivity contribution in [3.63, 3.8) is 0 Å². The molecule has 0 saturated heterocycles. The number of nitrogens with zero attached hydrogens (tertiary/aromatic N) is 2. The van der Waals surface area contributed by atoms with Crippen LogP contribution >= 0.6 is 0 Å². The number of halogens is 1. The molecule has 12 heteroatoms. The Kier molecular flexibility index (Phi) is 6.43. The van der Waals surface area contributed by atoms with E-state index in [-0.39, 0.29) is 28.7 Å². The lowest BCUT2D eigenvalue weighted by Crippen LogP contribution is -2.85. The molecule has 1 amide bonds. The average Bonchev–Trinajstić information content (AvgIpc) is 2.88. The molecule has 42 heavy (non-hydrogen) atoms. The van der Waals surface area contributed by atoms with Crippen LogP contribution in [0.3, 0.4) is 0 Å². The van der Waals surface area contributed by atoms with Crippen molar-refractivity contribution >= 4 is 29.0 Å². The van der Waals surface area contributed by atoms with Gasteiger partial charge in [0.05, 0.1) is 28.8 Å². The molecule has 5 rings (SSSR count). The minimum atomic E-state index is -2.83. The number of primary amides is 1. The Morgan fingerprint density at radius 3 is 2.29 bits per heavy atom. The number of Topliss-reactive ketones (excluding diaryl/α,β-unsaturated/α-hetero) is 4. The summed E-state index contributed by atoms with van der Waals surface area (Å²) in [6.45, 7) is 0. The number of nitriles is 1. The topological polar surface area (TPSA) is 211 Å². The SMILES string of the molecule is CN(C)[C@@H]1C(=O)C(C(N)=O)C(=O)[C@@]2(C#N)C(=O)C3C(=O)c4c(O)ccc(C#Cc5ccccc5F)c4C[C@@]3(N)C[C@@]12N. The first-order valence-corrected chi connectivity index (χ1v) is 12.9. The number of hydrogen-bond donors (Lipinski definition) is 4. The lowest BCUT2D eigenvalue weighted by atomic mass is 9.42. The lowest BCUT2D eigenvalue weighted by molar-refractivity contribution is -0.166. The van der Waals surface area contributed by atoms with E-state index in [0.29, 0.717) is 0 Å². The average molecular weight is 572 g/mol. The summed E-state index contributed by atoms with van der Waals surface area (Å²) in [5.41, 5.74) is 12.2. The molecule has 3 aliphatic rings. The maximum atomic E-state index is 14.3. The van der Waals surface area contributed by atoms with Crippen LogP contribution in [0.1, 0.15) is 33.5 Å².